The molecule has 0 fully saturated rings. The number of ether oxygens (including phenoxy) is 6. The van der Waals surface area contributed by atoms with Gasteiger partial charge < -0.3 is 28.4 Å². The van der Waals surface area contributed by atoms with Gasteiger partial charge in [0.25, 0.3) is 0 Å². The smallest absolute Gasteiger partial charge is 0.345 e. The second-order valence-electron chi connectivity index (χ2n) is 10.2. The molecule has 1 spiro atoms. The number of carbonyl (C=O) groups is 4. The quantitative estimate of drug-likeness (QED) is 0.0579. The third-order valence-corrected chi connectivity index (χ3v) is 7.57. The van der Waals surface area contributed by atoms with Crippen LogP contribution in [-0.2, 0) is 29.4 Å². The Labute approximate surface area is 264 Å². The second-order valence-corrected chi connectivity index (χ2v) is 10.2. The third-order valence-electron chi connectivity index (χ3n) is 7.57. The van der Waals surface area contributed by atoms with Crippen LogP contribution in [0.2, 0.25) is 0 Å². The Bertz CT molecular complexity index is 1900. The van der Waals surface area contributed by atoms with Crippen molar-refractivity contribution in [3.63, 3.8) is 0 Å². The van der Waals surface area contributed by atoms with E-state index >= 15 is 0 Å². The van der Waals surface area contributed by atoms with Crippen LogP contribution in [0.4, 0.5) is 0 Å². The molecule has 0 amide bonds. The average Bonchev–Trinajstić information content (AvgIpc) is 3.35. The Morgan fingerprint density at radius 1 is 0.761 bits per heavy atom. The predicted octanol–water partition coefficient (Wildman–Crippen LogP) is 5.99. The van der Waals surface area contributed by atoms with Crippen LogP contribution in [0.3, 0.4) is 0 Å². The Kier molecular flexibility index (Phi) is 8.02. The van der Waals surface area contributed by atoms with Crippen molar-refractivity contribution >= 4 is 30.0 Å². The molecule has 232 valence electrons. The summed E-state index contributed by atoms with van der Waals surface area (Å²) in [5.41, 5.74) is 0.896. The normalized spacial score (nSPS) is 15.3. The zero-order chi connectivity index (χ0) is 32.4. The number of esters is 4. The lowest BCUT2D eigenvalue weighted by atomic mass is 9.77. The first-order valence-electron chi connectivity index (χ1n) is 14.5. The lowest BCUT2D eigenvalue weighted by molar-refractivity contribution is -0.146. The van der Waals surface area contributed by atoms with Crippen LogP contribution < -0.4 is 14.2 Å². The molecule has 2 aliphatic rings. The zero-order valence-electron chi connectivity index (χ0n) is 25.2. The van der Waals surface area contributed by atoms with Gasteiger partial charge in [0.1, 0.15) is 28.6 Å². The molecule has 0 radical (unpaired) electrons. The molecule has 1 unspecified atom stereocenters. The summed E-state index contributed by atoms with van der Waals surface area (Å²) < 4.78 is 33.7. The average molecular weight is 621 g/mol. The second kappa shape index (κ2) is 12.2. The molecular weight excluding hydrogens is 592 g/mol. The first-order valence-corrected chi connectivity index (χ1v) is 14.5. The van der Waals surface area contributed by atoms with Crippen molar-refractivity contribution in [1.82, 2.24) is 0 Å². The van der Waals surface area contributed by atoms with E-state index in [-0.39, 0.29) is 35.7 Å². The molecule has 0 aromatic heterocycles. The number of hydrogen-bond acceptors (Lipinski definition) is 10. The lowest BCUT2D eigenvalue weighted by Gasteiger charge is -2.36. The highest BCUT2D eigenvalue weighted by Crippen LogP contribution is 2.57. The largest absolute Gasteiger partial charge is 0.497 e. The summed E-state index contributed by atoms with van der Waals surface area (Å²) >= 11 is 0. The van der Waals surface area contributed by atoms with E-state index < -0.39 is 29.5 Å². The number of hydrogen-bond donors (Lipinski definition) is 0. The minimum Gasteiger partial charge on any atom is -0.497 e. The Morgan fingerprint density at radius 3 is 2.04 bits per heavy atom. The molecule has 10 nitrogen and oxygen atoms in total. The fourth-order valence-corrected chi connectivity index (χ4v) is 5.57. The number of methoxy groups -OCH3 is 1. The summed E-state index contributed by atoms with van der Waals surface area (Å²) in [4.78, 5) is 51.7. The molecule has 4 aromatic rings. The molecule has 6 rings (SSSR count). The van der Waals surface area contributed by atoms with Crippen molar-refractivity contribution < 1.29 is 47.6 Å². The number of rotatable bonds is 8. The molecular formula is C36H28O10. The molecule has 0 aliphatic carbocycles. The van der Waals surface area contributed by atoms with E-state index in [0.29, 0.717) is 39.5 Å². The van der Waals surface area contributed by atoms with Crippen LogP contribution in [0.5, 0.6) is 23.0 Å². The van der Waals surface area contributed by atoms with Gasteiger partial charge in [-0.1, -0.05) is 36.4 Å². The molecule has 0 N–H and O–H groups in total. The highest BCUT2D eigenvalue weighted by Gasteiger charge is 2.53. The fourth-order valence-electron chi connectivity index (χ4n) is 5.57. The molecule has 4 aromatic carbocycles. The molecule has 2 heterocycles. The van der Waals surface area contributed by atoms with E-state index in [1.165, 1.54) is 25.3 Å². The Morgan fingerprint density at radius 2 is 1.37 bits per heavy atom. The van der Waals surface area contributed by atoms with Crippen molar-refractivity contribution in [2.24, 2.45) is 0 Å². The molecule has 0 saturated carbocycles. The topological polar surface area (TPSA) is 124 Å². The summed E-state index contributed by atoms with van der Waals surface area (Å²) in [5.74, 6) is -1.62. The summed E-state index contributed by atoms with van der Waals surface area (Å²) in [6.45, 7) is 3.31. The zero-order valence-corrected chi connectivity index (χ0v) is 25.2. The van der Waals surface area contributed by atoms with E-state index in [4.69, 9.17) is 28.4 Å². The standard InChI is InChI=1S/C36H28O10/c1-4-42-32(37)26(33(38)43-5-2)18-21-10-6-7-11-24(21)34(39)44-23-15-17-29-31(20-23)45-30-19-22(41-3)14-16-28(30)36(29)27-13-9-8-12-25(27)35(40)46-36/h6-20H,4-5H2,1-3H3. The van der Waals surface area contributed by atoms with E-state index in [0.717, 1.165) is 0 Å². The summed E-state index contributed by atoms with van der Waals surface area (Å²) in [6, 6.07) is 23.5. The van der Waals surface area contributed by atoms with E-state index in [1.807, 2.05) is 12.1 Å². The molecule has 46 heavy (non-hydrogen) atoms. The van der Waals surface area contributed by atoms with Crippen molar-refractivity contribution in [3.8, 4) is 23.0 Å². The third kappa shape index (κ3) is 5.13. The lowest BCUT2D eigenvalue weighted by Crippen LogP contribution is -2.33. The van der Waals surface area contributed by atoms with Gasteiger partial charge in [0, 0.05) is 28.8 Å². The van der Waals surface area contributed by atoms with Gasteiger partial charge in [-0.05, 0) is 61.9 Å². The monoisotopic (exact) mass is 620 g/mol. The molecule has 0 bridgehead atoms. The Balaban J connectivity index is 1.38. The first kappa shape index (κ1) is 30.1. The van der Waals surface area contributed by atoms with Gasteiger partial charge in [-0.15, -0.1) is 0 Å². The van der Waals surface area contributed by atoms with Gasteiger partial charge in [0.15, 0.2) is 5.60 Å². The summed E-state index contributed by atoms with van der Waals surface area (Å²) in [5, 5.41) is 0. The van der Waals surface area contributed by atoms with Crippen molar-refractivity contribution in [1.29, 1.82) is 0 Å². The minimum absolute atomic E-state index is 0.0446. The van der Waals surface area contributed by atoms with Crippen LogP contribution in [0.25, 0.3) is 6.08 Å². The number of carbonyl (C=O) groups excluding carboxylic acids is 4. The van der Waals surface area contributed by atoms with Gasteiger partial charge in [-0.25, -0.2) is 19.2 Å². The maximum Gasteiger partial charge on any atom is 0.345 e. The highest BCUT2D eigenvalue weighted by molar-refractivity contribution is 6.18. The van der Waals surface area contributed by atoms with Gasteiger partial charge in [-0.2, -0.15) is 0 Å². The number of benzene rings is 4. The fraction of sp³-hybridized carbons (Fsp3) is 0.167. The van der Waals surface area contributed by atoms with Gasteiger partial charge in [-0.3, -0.25) is 0 Å². The van der Waals surface area contributed by atoms with Gasteiger partial charge in [0.05, 0.1) is 31.5 Å². The minimum atomic E-state index is -1.31. The maximum absolute atomic E-state index is 13.5. The predicted molar refractivity (Wildman–Crippen MR) is 164 cm³/mol. The molecule has 10 heteroatoms. The summed E-state index contributed by atoms with van der Waals surface area (Å²) in [6.07, 6.45) is 1.24. The first-order chi connectivity index (χ1) is 22.3. The Hall–Kier alpha value is -5.90. The van der Waals surface area contributed by atoms with Crippen LogP contribution in [-0.4, -0.2) is 44.2 Å². The summed E-state index contributed by atoms with van der Waals surface area (Å²) in [7, 11) is 1.53. The van der Waals surface area contributed by atoms with Crippen LogP contribution in [0.1, 0.15) is 56.8 Å². The van der Waals surface area contributed by atoms with E-state index in [1.54, 1.807) is 74.5 Å². The molecule has 0 saturated heterocycles. The van der Waals surface area contributed by atoms with Crippen LogP contribution >= 0.6 is 0 Å². The van der Waals surface area contributed by atoms with Crippen molar-refractivity contribution in [3.05, 3.63) is 124 Å². The van der Waals surface area contributed by atoms with Crippen molar-refractivity contribution in [2.75, 3.05) is 20.3 Å². The maximum atomic E-state index is 13.5. The van der Waals surface area contributed by atoms with E-state index in [9.17, 15) is 19.2 Å². The SMILES string of the molecule is CCOC(=O)C(=Cc1ccccc1C(=O)Oc1ccc2c(c1)Oc1cc(OC)ccc1C21OC(=O)c2ccccc21)C(=O)OCC. The molecule has 2 aliphatic heterocycles. The van der Waals surface area contributed by atoms with Gasteiger partial charge in [0.2, 0.25) is 0 Å². The van der Waals surface area contributed by atoms with E-state index in [2.05, 4.69) is 0 Å². The van der Waals surface area contributed by atoms with Crippen LogP contribution in [0, 0.1) is 0 Å². The van der Waals surface area contributed by atoms with Crippen LogP contribution in [0.15, 0.2) is 90.5 Å². The highest BCUT2D eigenvalue weighted by atomic mass is 16.6. The number of fused-ring (bicyclic) bond motifs is 6. The molecule has 1 atom stereocenters. The van der Waals surface area contributed by atoms with Gasteiger partial charge >= 0.3 is 23.9 Å². The van der Waals surface area contributed by atoms with Crippen molar-refractivity contribution in [2.45, 2.75) is 19.4 Å².